The van der Waals surface area contributed by atoms with Crippen LogP contribution in [0, 0.1) is 5.92 Å². The van der Waals surface area contributed by atoms with Gasteiger partial charge in [-0.1, -0.05) is 11.6 Å². The molecule has 3 N–H and O–H groups in total. The van der Waals surface area contributed by atoms with Gasteiger partial charge in [0.05, 0.1) is 11.4 Å². The molecule has 1 aromatic carbocycles. The molecule has 16 heavy (non-hydrogen) atoms. The zero-order valence-electron chi connectivity index (χ0n) is 9.19. The molecule has 0 amide bonds. The highest BCUT2D eigenvalue weighted by molar-refractivity contribution is 6.31. The van der Waals surface area contributed by atoms with Crippen molar-refractivity contribution in [1.29, 1.82) is 0 Å². The van der Waals surface area contributed by atoms with E-state index in [4.69, 9.17) is 17.3 Å². The third-order valence-corrected chi connectivity index (χ3v) is 3.34. The highest BCUT2D eigenvalue weighted by Gasteiger charge is 2.20. The quantitative estimate of drug-likeness (QED) is 0.779. The molecular weight excluding hydrogens is 224 g/mol. The van der Waals surface area contributed by atoms with Crippen LogP contribution in [0.15, 0.2) is 18.2 Å². The summed E-state index contributed by atoms with van der Waals surface area (Å²) in [6.07, 6.45) is 2.20. The molecule has 0 saturated carbocycles. The molecule has 3 nitrogen and oxygen atoms in total. The number of nitrogens with two attached hydrogens (primary N) is 1. The molecule has 1 aliphatic rings. The molecule has 2 rings (SSSR count). The van der Waals surface area contributed by atoms with Crippen LogP contribution in [-0.4, -0.2) is 24.8 Å². The monoisotopic (exact) mass is 240 g/mol. The van der Waals surface area contributed by atoms with Gasteiger partial charge in [-0.2, -0.15) is 0 Å². The number of aliphatic hydroxyl groups excluding tert-OH is 1. The molecule has 1 heterocycles. The second kappa shape index (κ2) is 4.93. The van der Waals surface area contributed by atoms with Gasteiger partial charge in [0, 0.05) is 24.7 Å². The maximum atomic E-state index is 9.19. The minimum absolute atomic E-state index is 0.254. The first-order valence-electron chi connectivity index (χ1n) is 5.61. The molecule has 1 fully saturated rings. The molecule has 4 heteroatoms. The fourth-order valence-corrected chi connectivity index (χ4v) is 2.43. The Morgan fingerprint density at radius 1 is 1.50 bits per heavy atom. The highest BCUT2D eigenvalue weighted by atomic mass is 35.5. The maximum absolute atomic E-state index is 9.19. The smallest absolute Gasteiger partial charge is 0.0601 e. The van der Waals surface area contributed by atoms with Crippen molar-refractivity contribution in [2.45, 2.75) is 12.8 Å². The van der Waals surface area contributed by atoms with Gasteiger partial charge in [0.1, 0.15) is 0 Å². The van der Waals surface area contributed by atoms with E-state index in [1.54, 1.807) is 6.07 Å². The number of benzene rings is 1. The Kier molecular flexibility index (Phi) is 3.56. The third-order valence-electron chi connectivity index (χ3n) is 3.11. The first kappa shape index (κ1) is 11.6. The van der Waals surface area contributed by atoms with Crippen molar-refractivity contribution in [3.05, 3.63) is 23.2 Å². The van der Waals surface area contributed by atoms with Crippen LogP contribution in [0.4, 0.5) is 11.4 Å². The van der Waals surface area contributed by atoms with Crippen LogP contribution in [0.2, 0.25) is 5.02 Å². The van der Waals surface area contributed by atoms with E-state index in [9.17, 15) is 5.11 Å². The Balaban J connectivity index is 2.16. The van der Waals surface area contributed by atoms with Crippen LogP contribution in [0.5, 0.6) is 0 Å². The Bertz CT molecular complexity index is 370. The van der Waals surface area contributed by atoms with Gasteiger partial charge in [0.25, 0.3) is 0 Å². The average Bonchev–Trinajstić information content (AvgIpc) is 2.29. The van der Waals surface area contributed by atoms with E-state index in [0.717, 1.165) is 31.6 Å². The standard InChI is InChI=1S/C12H17ClN2O/c13-10-3-4-12(11(14)6-10)15-5-1-2-9(7-15)8-16/h3-4,6,9,16H,1-2,5,7-8,14H2. The first-order valence-corrected chi connectivity index (χ1v) is 5.99. The zero-order chi connectivity index (χ0) is 11.5. The number of rotatable bonds is 2. The van der Waals surface area contributed by atoms with Gasteiger partial charge in [0.15, 0.2) is 0 Å². The number of aliphatic hydroxyl groups is 1. The van der Waals surface area contributed by atoms with Crippen molar-refractivity contribution >= 4 is 23.0 Å². The van der Waals surface area contributed by atoms with Crippen molar-refractivity contribution < 1.29 is 5.11 Å². The predicted molar refractivity (Wildman–Crippen MR) is 67.9 cm³/mol. The van der Waals surface area contributed by atoms with Gasteiger partial charge < -0.3 is 15.7 Å². The molecule has 0 aromatic heterocycles. The van der Waals surface area contributed by atoms with Crippen LogP contribution >= 0.6 is 11.6 Å². The van der Waals surface area contributed by atoms with E-state index >= 15 is 0 Å². The second-order valence-corrected chi connectivity index (χ2v) is 4.78. The molecule has 1 unspecified atom stereocenters. The van der Waals surface area contributed by atoms with Gasteiger partial charge in [-0.15, -0.1) is 0 Å². The summed E-state index contributed by atoms with van der Waals surface area (Å²) in [6, 6.07) is 5.59. The number of nitrogen functional groups attached to an aromatic ring is 1. The van der Waals surface area contributed by atoms with E-state index in [1.165, 1.54) is 0 Å². The fraction of sp³-hybridized carbons (Fsp3) is 0.500. The fourth-order valence-electron chi connectivity index (χ4n) is 2.25. The van der Waals surface area contributed by atoms with Crippen molar-refractivity contribution in [3.63, 3.8) is 0 Å². The maximum Gasteiger partial charge on any atom is 0.0601 e. The van der Waals surface area contributed by atoms with E-state index < -0.39 is 0 Å². The lowest BCUT2D eigenvalue weighted by Gasteiger charge is -2.34. The van der Waals surface area contributed by atoms with Crippen LogP contribution in [-0.2, 0) is 0 Å². The molecule has 1 saturated heterocycles. The number of anilines is 2. The Morgan fingerprint density at radius 3 is 3.00 bits per heavy atom. The summed E-state index contributed by atoms with van der Waals surface area (Å²) in [5.41, 5.74) is 7.69. The normalized spacial score (nSPS) is 21.1. The van der Waals surface area contributed by atoms with Crippen molar-refractivity contribution in [1.82, 2.24) is 0 Å². The Labute approximate surface area is 101 Å². The van der Waals surface area contributed by atoms with Crippen molar-refractivity contribution in [2.24, 2.45) is 5.92 Å². The summed E-state index contributed by atoms with van der Waals surface area (Å²) in [7, 11) is 0. The summed E-state index contributed by atoms with van der Waals surface area (Å²) in [5, 5.41) is 9.85. The van der Waals surface area contributed by atoms with Crippen LogP contribution in [0.25, 0.3) is 0 Å². The number of hydrogen-bond donors (Lipinski definition) is 2. The van der Waals surface area contributed by atoms with E-state index in [-0.39, 0.29) is 6.61 Å². The molecule has 0 radical (unpaired) electrons. The van der Waals surface area contributed by atoms with Crippen molar-refractivity contribution in [3.8, 4) is 0 Å². The van der Waals surface area contributed by atoms with E-state index in [0.29, 0.717) is 16.6 Å². The number of halogens is 1. The summed E-state index contributed by atoms with van der Waals surface area (Å²) in [6.45, 7) is 2.13. The SMILES string of the molecule is Nc1cc(Cl)ccc1N1CCCC(CO)C1. The number of piperidine rings is 1. The topological polar surface area (TPSA) is 49.5 Å². The lowest BCUT2D eigenvalue weighted by atomic mass is 9.98. The molecule has 0 aliphatic carbocycles. The lowest BCUT2D eigenvalue weighted by Crippen LogP contribution is -2.37. The lowest BCUT2D eigenvalue weighted by molar-refractivity contribution is 0.209. The van der Waals surface area contributed by atoms with Crippen LogP contribution < -0.4 is 10.6 Å². The minimum atomic E-state index is 0.254. The largest absolute Gasteiger partial charge is 0.397 e. The van der Waals surface area contributed by atoms with E-state index in [1.807, 2.05) is 12.1 Å². The van der Waals surface area contributed by atoms with Gasteiger partial charge >= 0.3 is 0 Å². The van der Waals surface area contributed by atoms with E-state index in [2.05, 4.69) is 4.90 Å². The van der Waals surface area contributed by atoms with Crippen LogP contribution in [0.1, 0.15) is 12.8 Å². The molecule has 0 spiro atoms. The zero-order valence-corrected chi connectivity index (χ0v) is 9.95. The number of nitrogens with zero attached hydrogens (tertiary/aromatic N) is 1. The van der Waals surface area contributed by atoms with Gasteiger partial charge in [-0.3, -0.25) is 0 Å². The summed E-state index contributed by atoms with van der Waals surface area (Å²) >= 11 is 5.87. The molecule has 0 bridgehead atoms. The molecule has 1 aliphatic heterocycles. The third kappa shape index (κ3) is 2.42. The van der Waals surface area contributed by atoms with Crippen LogP contribution in [0.3, 0.4) is 0 Å². The van der Waals surface area contributed by atoms with Gasteiger partial charge in [0.2, 0.25) is 0 Å². The van der Waals surface area contributed by atoms with Gasteiger partial charge in [-0.25, -0.2) is 0 Å². The number of hydrogen-bond acceptors (Lipinski definition) is 3. The Morgan fingerprint density at radius 2 is 2.31 bits per heavy atom. The summed E-state index contributed by atoms with van der Waals surface area (Å²) < 4.78 is 0. The minimum Gasteiger partial charge on any atom is -0.397 e. The Hall–Kier alpha value is -0.930. The molecule has 1 aromatic rings. The molecular formula is C12H17ClN2O. The van der Waals surface area contributed by atoms with Crippen molar-refractivity contribution in [2.75, 3.05) is 30.3 Å². The second-order valence-electron chi connectivity index (χ2n) is 4.34. The molecule has 88 valence electrons. The average molecular weight is 241 g/mol. The molecule has 1 atom stereocenters. The summed E-state index contributed by atoms with van der Waals surface area (Å²) in [4.78, 5) is 2.23. The first-order chi connectivity index (χ1) is 7.70. The van der Waals surface area contributed by atoms with Gasteiger partial charge in [-0.05, 0) is 37.0 Å². The highest BCUT2D eigenvalue weighted by Crippen LogP contribution is 2.29. The predicted octanol–water partition coefficient (Wildman–Crippen LogP) is 2.13. The summed E-state index contributed by atoms with van der Waals surface area (Å²) in [5.74, 6) is 0.365.